The number of hydrogen-bond donors (Lipinski definition) is 2. The summed E-state index contributed by atoms with van der Waals surface area (Å²) in [5.41, 5.74) is 0.411. The Labute approximate surface area is 148 Å². The Kier molecular flexibility index (Phi) is 6.47. The molecule has 2 bridgehead atoms. The monoisotopic (exact) mass is 356 g/mol. The molecule has 3 rings (SSSR count). The van der Waals surface area contributed by atoms with E-state index in [-0.39, 0.29) is 24.1 Å². The second kappa shape index (κ2) is 8.17. The molecule has 2 aliphatic rings. The minimum atomic E-state index is -0.405. The Bertz CT molecular complexity index is 572. The first-order valence-electron chi connectivity index (χ1n) is 8.44. The summed E-state index contributed by atoms with van der Waals surface area (Å²) in [6.07, 6.45) is 5.12. The van der Waals surface area contributed by atoms with E-state index in [9.17, 15) is 9.18 Å². The highest BCUT2D eigenvalue weighted by molar-refractivity contribution is 5.85. The van der Waals surface area contributed by atoms with Crippen LogP contribution in [0.3, 0.4) is 0 Å². The van der Waals surface area contributed by atoms with E-state index in [2.05, 4.69) is 10.6 Å². The number of nitrogens with one attached hydrogen (secondary N) is 2. The summed E-state index contributed by atoms with van der Waals surface area (Å²) in [4.78, 5) is 12.3. The lowest BCUT2D eigenvalue weighted by atomic mass is 9.89. The van der Waals surface area contributed by atoms with Gasteiger partial charge in [-0.1, -0.05) is 6.07 Å². The van der Waals surface area contributed by atoms with E-state index in [1.807, 2.05) is 0 Å². The second-order valence-corrected chi connectivity index (χ2v) is 6.82. The van der Waals surface area contributed by atoms with Crippen molar-refractivity contribution in [2.45, 2.75) is 57.2 Å². The molecule has 24 heavy (non-hydrogen) atoms. The second-order valence-electron chi connectivity index (χ2n) is 6.82. The Hall–Kier alpha value is -1.33. The van der Waals surface area contributed by atoms with Gasteiger partial charge in [-0.05, 0) is 50.7 Å². The molecular weight excluding hydrogens is 331 g/mol. The minimum absolute atomic E-state index is 0. The fourth-order valence-electron chi connectivity index (χ4n) is 4.09. The summed E-state index contributed by atoms with van der Waals surface area (Å²) in [6, 6.07) is 5.47. The molecule has 0 spiro atoms. The van der Waals surface area contributed by atoms with Crippen LogP contribution in [0.2, 0.25) is 0 Å². The molecule has 0 aliphatic carbocycles. The first-order chi connectivity index (χ1) is 11.1. The van der Waals surface area contributed by atoms with Crippen LogP contribution < -0.4 is 15.4 Å². The average molecular weight is 357 g/mol. The number of carbonyl (C=O) groups is 1. The molecule has 0 aromatic heterocycles. The highest BCUT2D eigenvalue weighted by atomic mass is 35.5. The van der Waals surface area contributed by atoms with Gasteiger partial charge in [0.05, 0.1) is 18.7 Å². The van der Waals surface area contributed by atoms with Gasteiger partial charge in [0.1, 0.15) is 11.6 Å². The first kappa shape index (κ1) is 19.0. The van der Waals surface area contributed by atoms with Gasteiger partial charge < -0.3 is 15.4 Å². The molecule has 1 aromatic rings. The van der Waals surface area contributed by atoms with Gasteiger partial charge >= 0.3 is 0 Å². The maximum Gasteiger partial charge on any atom is 0.220 e. The van der Waals surface area contributed by atoms with Crippen molar-refractivity contribution in [1.82, 2.24) is 10.6 Å². The van der Waals surface area contributed by atoms with Gasteiger partial charge in [0.2, 0.25) is 5.91 Å². The van der Waals surface area contributed by atoms with Gasteiger partial charge in [0.15, 0.2) is 0 Å². The van der Waals surface area contributed by atoms with E-state index in [4.69, 9.17) is 4.74 Å². The van der Waals surface area contributed by atoms with Crippen LogP contribution in [0.4, 0.5) is 4.39 Å². The van der Waals surface area contributed by atoms with Crippen molar-refractivity contribution in [2.75, 3.05) is 7.11 Å². The van der Waals surface area contributed by atoms with Crippen molar-refractivity contribution in [1.29, 1.82) is 0 Å². The van der Waals surface area contributed by atoms with E-state index in [1.54, 1.807) is 19.1 Å². The summed E-state index contributed by atoms with van der Waals surface area (Å²) >= 11 is 0. The fraction of sp³-hybridized carbons (Fsp3) is 0.611. The number of methoxy groups -OCH3 is 1. The predicted octanol–water partition coefficient (Wildman–Crippen LogP) is 3.35. The molecule has 2 fully saturated rings. The van der Waals surface area contributed by atoms with E-state index < -0.39 is 6.04 Å². The summed E-state index contributed by atoms with van der Waals surface area (Å²) in [5.74, 6) is 0.548. The smallest absolute Gasteiger partial charge is 0.220 e. The van der Waals surface area contributed by atoms with Crippen LogP contribution in [0.1, 0.15) is 50.6 Å². The zero-order valence-electron chi connectivity index (χ0n) is 14.2. The highest BCUT2D eigenvalue weighted by Crippen LogP contribution is 2.33. The summed E-state index contributed by atoms with van der Waals surface area (Å²) in [7, 11) is 1.51. The van der Waals surface area contributed by atoms with Crippen LogP contribution in [-0.4, -0.2) is 25.1 Å². The fourth-order valence-corrected chi connectivity index (χ4v) is 4.09. The number of carbonyl (C=O) groups excluding carboxylic acids is 1. The third kappa shape index (κ3) is 4.19. The molecule has 3 atom stereocenters. The van der Waals surface area contributed by atoms with Crippen molar-refractivity contribution < 1.29 is 13.9 Å². The van der Waals surface area contributed by atoms with Gasteiger partial charge in [0, 0.05) is 18.5 Å². The molecule has 2 heterocycles. The number of halogens is 2. The van der Waals surface area contributed by atoms with Crippen molar-refractivity contribution in [3.63, 3.8) is 0 Å². The number of rotatable bonds is 5. The van der Waals surface area contributed by atoms with Crippen molar-refractivity contribution in [2.24, 2.45) is 5.92 Å². The van der Waals surface area contributed by atoms with Gasteiger partial charge in [-0.15, -0.1) is 12.4 Å². The number of piperidine rings is 1. The Balaban J connectivity index is 0.00000208. The topological polar surface area (TPSA) is 50.4 Å². The Morgan fingerprint density at radius 1 is 1.38 bits per heavy atom. The Morgan fingerprint density at radius 2 is 2.04 bits per heavy atom. The van der Waals surface area contributed by atoms with Crippen LogP contribution in [0.25, 0.3) is 0 Å². The average Bonchev–Trinajstić information content (AvgIpc) is 2.85. The van der Waals surface area contributed by atoms with Gasteiger partial charge in [-0.3, -0.25) is 4.79 Å². The van der Waals surface area contributed by atoms with Gasteiger partial charge in [-0.2, -0.15) is 0 Å². The first-order valence-corrected chi connectivity index (χ1v) is 8.44. The lowest BCUT2D eigenvalue weighted by Crippen LogP contribution is -2.40. The molecule has 2 saturated heterocycles. The summed E-state index contributed by atoms with van der Waals surface area (Å²) in [6.45, 7) is 1.80. The van der Waals surface area contributed by atoms with Crippen LogP contribution in [0.15, 0.2) is 18.2 Å². The number of fused-ring (bicyclic) bond motifs is 2. The van der Waals surface area contributed by atoms with Crippen molar-refractivity contribution >= 4 is 18.3 Å². The molecule has 2 aliphatic heterocycles. The third-order valence-electron chi connectivity index (χ3n) is 5.09. The van der Waals surface area contributed by atoms with Crippen molar-refractivity contribution in [3.8, 4) is 5.75 Å². The van der Waals surface area contributed by atoms with E-state index in [1.165, 1.54) is 26.0 Å². The van der Waals surface area contributed by atoms with Crippen LogP contribution in [0.5, 0.6) is 5.75 Å². The number of benzene rings is 1. The van der Waals surface area contributed by atoms with Crippen LogP contribution in [-0.2, 0) is 4.79 Å². The van der Waals surface area contributed by atoms with Crippen LogP contribution in [0, 0.1) is 11.7 Å². The molecule has 1 amide bonds. The molecule has 2 N–H and O–H groups in total. The van der Waals surface area contributed by atoms with Crippen LogP contribution >= 0.6 is 12.4 Å². The zero-order chi connectivity index (χ0) is 16.4. The summed E-state index contributed by atoms with van der Waals surface area (Å²) < 4.78 is 19.3. The quantitative estimate of drug-likeness (QED) is 0.850. The molecule has 3 unspecified atom stereocenters. The maximum absolute atomic E-state index is 14.1. The largest absolute Gasteiger partial charge is 0.496 e. The maximum atomic E-state index is 14.1. The lowest BCUT2D eigenvalue weighted by Gasteiger charge is -2.29. The Morgan fingerprint density at radius 3 is 2.67 bits per heavy atom. The molecule has 1 aromatic carbocycles. The number of ether oxygens (including phenoxy) is 1. The van der Waals surface area contributed by atoms with Crippen molar-refractivity contribution in [3.05, 3.63) is 29.6 Å². The zero-order valence-corrected chi connectivity index (χ0v) is 15.0. The molecule has 0 saturated carbocycles. The van der Waals surface area contributed by atoms with E-state index in [0.29, 0.717) is 35.7 Å². The highest BCUT2D eigenvalue weighted by Gasteiger charge is 2.34. The standard InChI is InChI=1S/C18H25FN2O2.ClH/c1-11(18-15(19)4-3-5-16(18)23-2)20-17(22)10-12-8-13-6-7-14(9-12)21-13;/h3-5,11-14,21H,6-10H2,1-2H3,(H,20,22);1H. The molecule has 6 heteroatoms. The molecule has 0 radical (unpaired) electrons. The molecule has 4 nitrogen and oxygen atoms in total. The SMILES string of the molecule is COc1cccc(F)c1C(C)NC(=O)CC1CC2CCC(C1)N2.Cl. The van der Waals surface area contributed by atoms with Gasteiger partial charge in [-0.25, -0.2) is 4.39 Å². The lowest BCUT2D eigenvalue weighted by molar-refractivity contribution is -0.122. The number of hydrogen-bond acceptors (Lipinski definition) is 3. The third-order valence-corrected chi connectivity index (χ3v) is 5.09. The predicted molar refractivity (Wildman–Crippen MR) is 94.0 cm³/mol. The van der Waals surface area contributed by atoms with E-state index in [0.717, 1.165) is 12.8 Å². The van der Waals surface area contributed by atoms with Gasteiger partial charge in [0.25, 0.3) is 0 Å². The van der Waals surface area contributed by atoms with E-state index >= 15 is 0 Å². The number of amides is 1. The minimum Gasteiger partial charge on any atom is -0.496 e. The molecular formula is C18H26ClFN2O2. The molecule has 134 valence electrons. The summed E-state index contributed by atoms with van der Waals surface area (Å²) in [5, 5.41) is 6.51. The normalized spacial score (nSPS) is 26.4.